The van der Waals surface area contributed by atoms with E-state index in [-0.39, 0.29) is 31.6 Å². The molecule has 21 heavy (non-hydrogen) atoms. The predicted molar refractivity (Wildman–Crippen MR) is 73.1 cm³/mol. The van der Waals surface area contributed by atoms with Crippen LogP contribution in [0.5, 0.6) is 0 Å². The first-order chi connectivity index (χ1) is 9.90. The van der Waals surface area contributed by atoms with Crippen molar-refractivity contribution in [3.63, 3.8) is 0 Å². The largest absolute Gasteiger partial charge is 0.466 e. The van der Waals surface area contributed by atoms with Crippen LogP contribution in [-0.2, 0) is 9.53 Å². The van der Waals surface area contributed by atoms with Crippen LogP contribution in [0.15, 0.2) is 0 Å². The highest BCUT2D eigenvalue weighted by molar-refractivity contribution is 5.72. The number of alkyl halides is 2. The van der Waals surface area contributed by atoms with Gasteiger partial charge in [-0.3, -0.25) is 9.69 Å². The third-order valence-electron chi connectivity index (χ3n) is 3.87. The molecule has 0 radical (unpaired) electrons. The normalized spacial score (nSPS) is 26.3. The molecule has 0 heterocycles. The van der Waals surface area contributed by atoms with Crippen LogP contribution in [0.4, 0.5) is 8.78 Å². The standard InChI is InChI=1S/C14H25F2NO4/c1-2-21-13(19)11-3-5-14(20,6-4-11)10-17(7-8-18)9-12(15)16/h11-12,18,20H,2-10H2,1H3. The molecule has 0 aromatic heterocycles. The Balaban J connectivity index is 2.49. The van der Waals surface area contributed by atoms with E-state index in [1.807, 2.05) is 0 Å². The lowest BCUT2D eigenvalue weighted by Gasteiger charge is -2.38. The second-order valence-corrected chi connectivity index (χ2v) is 5.60. The van der Waals surface area contributed by atoms with Gasteiger partial charge in [-0.25, -0.2) is 8.78 Å². The monoisotopic (exact) mass is 309 g/mol. The van der Waals surface area contributed by atoms with Gasteiger partial charge in [-0.1, -0.05) is 0 Å². The lowest BCUT2D eigenvalue weighted by Crippen LogP contribution is -2.48. The fraction of sp³-hybridized carbons (Fsp3) is 0.929. The maximum absolute atomic E-state index is 12.5. The van der Waals surface area contributed by atoms with E-state index in [0.29, 0.717) is 32.3 Å². The van der Waals surface area contributed by atoms with Gasteiger partial charge < -0.3 is 14.9 Å². The van der Waals surface area contributed by atoms with Gasteiger partial charge in [0.25, 0.3) is 6.43 Å². The smallest absolute Gasteiger partial charge is 0.308 e. The highest BCUT2D eigenvalue weighted by atomic mass is 19.3. The average molecular weight is 309 g/mol. The van der Waals surface area contributed by atoms with Crippen molar-refractivity contribution in [1.29, 1.82) is 0 Å². The topological polar surface area (TPSA) is 70.0 Å². The second-order valence-electron chi connectivity index (χ2n) is 5.60. The summed E-state index contributed by atoms with van der Waals surface area (Å²) in [4.78, 5) is 13.0. The Morgan fingerprint density at radius 3 is 2.52 bits per heavy atom. The van der Waals surface area contributed by atoms with Gasteiger partial charge in [0.2, 0.25) is 0 Å². The van der Waals surface area contributed by atoms with Gasteiger partial charge in [-0.05, 0) is 32.6 Å². The zero-order chi connectivity index (χ0) is 15.9. The van der Waals surface area contributed by atoms with Crippen LogP contribution in [0.3, 0.4) is 0 Å². The number of rotatable bonds is 8. The first-order valence-corrected chi connectivity index (χ1v) is 7.40. The van der Waals surface area contributed by atoms with Crippen molar-refractivity contribution in [1.82, 2.24) is 4.90 Å². The number of nitrogens with zero attached hydrogens (tertiary/aromatic N) is 1. The fourth-order valence-electron chi connectivity index (χ4n) is 2.80. The van der Waals surface area contributed by atoms with E-state index in [4.69, 9.17) is 9.84 Å². The van der Waals surface area contributed by atoms with E-state index >= 15 is 0 Å². The summed E-state index contributed by atoms with van der Waals surface area (Å²) < 4.78 is 29.9. The van der Waals surface area contributed by atoms with Crippen LogP contribution in [0, 0.1) is 5.92 Å². The number of aliphatic hydroxyl groups is 2. The Morgan fingerprint density at radius 2 is 2.05 bits per heavy atom. The third-order valence-corrected chi connectivity index (χ3v) is 3.87. The van der Waals surface area contributed by atoms with Crippen LogP contribution in [0.1, 0.15) is 32.6 Å². The van der Waals surface area contributed by atoms with Gasteiger partial charge in [-0.2, -0.15) is 0 Å². The van der Waals surface area contributed by atoms with Crippen LogP contribution < -0.4 is 0 Å². The minimum Gasteiger partial charge on any atom is -0.466 e. The van der Waals surface area contributed by atoms with E-state index in [1.54, 1.807) is 6.92 Å². The number of hydrogen-bond donors (Lipinski definition) is 2. The molecule has 1 rings (SSSR count). The minimum atomic E-state index is -2.50. The number of carbonyl (C=O) groups excluding carboxylic acids is 1. The molecule has 0 atom stereocenters. The number of aliphatic hydroxyl groups excluding tert-OH is 1. The maximum Gasteiger partial charge on any atom is 0.308 e. The minimum absolute atomic E-state index is 0.0907. The molecular weight excluding hydrogens is 284 g/mol. The van der Waals surface area contributed by atoms with Crippen molar-refractivity contribution in [2.24, 2.45) is 5.92 Å². The SMILES string of the molecule is CCOC(=O)C1CCC(O)(CN(CCO)CC(F)F)CC1. The number of esters is 1. The number of hydrogen-bond acceptors (Lipinski definition) is 5. The second kappa shape index (κ2) is 8.60. The van der Waals surface area contributed by atoms with Crippen LogP contribution >= 0.6 is 0 Å². The van der Waals surface area contributed by atoms with Crippen molar-refractivity contribution in [3.8, 4) is 0 Å². The van der Waals surface area contributed by atoms with Gasteiger partial charge in [-0.15, -0.1) is 0 Å². The third kappa shape index (κ3) is 6.23. The Morgan fingerprint density at radius 1 is 1.43 bits per heavy atom. The van der Waals surface area contributed by atoms with Crippen molar-refractivity contribution >= 4 is 5.97 Å². The van der Waals surface area contributed by atoms with Gasteiger partial charge in [0.05, 0.1) is 31.3 Å². The average Bonchev–Trinajstić information content (AvgIpc) is 2.38. The van der Waals surface area contributed by atoms with E-state index < -0.39 is 18.6 Å². The fourth-order valence-corrected chi connectivity index (χ4v) is 2.80. The number of carbonyl (C=O) groups is 1. The molecule has 7 heteroatoms. The maximum atomic E-state index is 12.5. The van der Waals surface area contributed by atoms with Gasteiger partial charge in [0.1, 0.15) is 0 Å². The molecule has 0 spiro atoms. The Hall–Kier alpha value is -0.790. The summed E-state index contributed by atoms with van der Waals surface area (Å²) >= 11 is 0. The summed E-state index contributed by atoms with van der Waals surface area (Å²) in [5.74, 6) is -0.467. The van der Waals surface area contributed by atoms with Crippen LogP contribution in [0.2, 0.25) is 0 Å². The summed E-state index contributed by atoms with van der Waals surface area (Å²) in [6.45, 7) is 1.58. The molecule has 1 aliphatic carbocycles. The summed E-state index contributed by atoms with van der Waals surface area (Å²) in [5.41, 5.74) is -1.08. The summed E-state index contributed by atoms with van der Waals surface area (Å²) in [6, 6.07) is 0. The molecule has 2 N–H and O–H groups in total. The van der Waals surface area contributed by atoms with Crippen molar-refractivity contribution in [2.75, 3.05) is 32.8 Å². The van der Waals surface area contributed by atoms with Crippen LogP contribution in [0.25, 0.3) is 0 Å². The van der Waals surface area contributed by atoms with Crippen molar-refractivity contribution in [3.05, 3.63) is 0 Å². The molecule has 0 bridgehead atoms. The van der Waals surface area contributed by atoms with E-state index in [2.05, 4.69) is 0 Å². The highest BCUT2D eigenvalue weighted by Gasteiger charge is 2.37. The molecular formula is C14H25F2NO4. The molecule has 124 valence electrons. The molecule has 0 aromatic carbocycles. The van der Waals surface area contributed by atoms with Crippen LogP contribution in [-0.4, -0.2) is 66.0 Å². The zero-order valence-corrected chi connectivity index (χ0v) is 12.4. The van der Waals surface area contributed by atoms with E-state index in [9.17, 15) is 18.7 Å². The Labute approximate surface area is 123 Å². The lowest BCUT2D eigenvalue weighted by molar-refractivity contribution is -0.151. The number of halogens is 2. The van der Waals surface area contributed by atoms with Gasteiger partial charge in [0, 0.05) is 13.1 Å². The summed E-state index contributed by atoms with van der Waals surface area (Å²) in [6.07, 6.45) is -0.756. The molecule has 0 amide bonds. The zero-order valence-electron chi connectivity index (χ0n) is 12.4. The van der Waals surface area contributed by atoms with Crippen molar-refractivity contribution < 1.29 is 28.5 Å². The molecule has 0 aromatic rings. The Bertz CT molecular complexity index is 320. The van der Waals surface area contributed by atoms with E-state index in [1.165, 1.54) is 4.90 Å². The lowest BCUT2D eigenvalue weighted by atomic mass is 9.78. The molecule has 1 saturated carbocycles. The van der Waals surface area contributed by atoms with Gasteiger partial charge in [0.15, 0.2) is 0 Å². The van der Waals surface area contributed by atoms with Gasteiger partial charge >= 0.3 is 5.97 Å². The predicted octanol–water partition coefficient (Wildman–Crippen LogP) is 1.03. The highest BCUT2D eigenvalue weighted by Crippen LogP contribution is 2.33. The van der Waals surface area contributed by atoms with E-state index in [0.717, 1.165) is 0 Å². The van der Waals surface area contributed by atoms with Crippen molar-refractivity contribution in [2.45, 2.75) is 44.6 Å². The molecule has 1 fully saturated rings. The molecule has 0 aliphatic heterocycles. The summed E-state index contributed by atoms with van der Waals surface area (Å²) in [5, 5.41) is 19.4. The molecule has 0 unspecified atom stereocenters. The first-order valence-electron chi connectivity index (χ1n) is 7.40. The first kappa shape index (κ1) is 18.3. The Kier molecular flexibility index (Phi) is 7.48. The molecule has 1 aliphatic rings. The number of ether oxygens (including phenoxy) is 1. The quantitative estimate of drug-likeness (QED) is 0.655. The molecule has 5 nitrogen and oxygen atoms in total. The molecule has 0 saturated heterocycles. The summed E-state index contributed by atoms with van der Waals surface area (Å²) in [7, 11) is 0.